The molecule has 0 spiro atoms. The average Bonchev–Trinajstić information content (AvgIpc) is 2.85. The Labute approximate surface area is 189 Å². The minimum Gasteiger partial charge on any atom is -0.495 e. The molecule has 0 unspecified atom stereocenters. The number of carbonyl (C=O) groups excluding carboxylic acids is 1. The lowest BCUT2D eigenvalue weighted by molar-refractivity contribution is 0.0945. The van der Waals surface area contributed by atoms with Crippen molar-refractivity contribution in [3.05, 3.63) is 84.4 Å². The second kappa shape index (κ2) is 10.7. The van der Waals surface area contributed by atoms with Crippen molar-refractivity contribution in [1.29, 1.82) is 0 Å². The van der Waals surface area contributed by atoms with Crippen molar-refractivity contribution in [1.82, 2.24) is 10.2 Å². The number of ether oxygens (including phenoxy) is 2. The summed E-state index contributed by atoms with van der Waals surface area (Å²) < 4.78 is 11.4. The summed E-state index contributed by atoms with van der Waals surface area (Å²) in [5.41, 5.74) is 1.68. The molecule has 166 valence electrons. The van der Waals surface area contributed by atoms with Gasteiger partial charge < -0.3 is 19.7 Å². The van der Waals surface area contributed by atoms with Crippen molar-refractivity contribution in [2.24, 2.45) is 0 Å². The summed E-state index contributed by atoms with van der Waals surface area (Å²) in [4.78, 5) is 17.5. The van der Waals surface area contributed by atoms with Crippen molar-refractivity contribution in [2.45, 2.75) is 0 Å². The van der Waals surface area contributed by atoms with Gasteiger partial charge >= 0.3 is 0 Å². The number of rotatable bonds is 8. The molecule has 0 aliphatic carbocycles. The fraction of sp³-hybridized carbons (Fsp3) is 0.269. The molecule has 0 bridgehead atoms. The molecule has 1 fully saturated rings. The summed E-state index contributed by atoms with van der Waals surface area (Å²) >= 11 is 0. The van der Waals surface area contributed by atoms with Crippen molar-refractivity contribution in [2.75, 3.05) is 51.3 Å². The Balaban J connectivity index is 1.26. The van der Waals surface area contributed by atoms with E-state index in [1.807, 2.05) is 66.7 Å². The highest BCUT2D eigenvalue weighted by atomic mass is 16.5. The Kier molecular flexibility index (Phi) is 7.25. The highest BCUT2D eigenvalue weighted by Gasteiger charge is 2.19. The molecule has 1 saturated heterocycles. The van der Waals surface area contributed by atoms with Crippen LogP contribution in [0.5, 0.6) is 17.2 Å². The Morgan fingerprint density at radius 3 is 2.25 bits per heavy atom. The molecule has 0 atom stereocenters. The molecule has 1 aliphatic heterocycles. The lowest BCUT2D eigenvalue weighted by Crippen LogP contribution is -2.48. The Morgan fingerprint density at radius 1 is 0.844 bits per heavy atom. The summed E-state index contributed by atoms with van der Waals surface area (Å²) in [5.74, 6) is 2.05. The third-order valence-corrected chi connectivity index (χ3v) is 5.61. The van der Waals surface area contributed by atoms with E-state index >= 15 is 0 Å². The predicted octanol–water partition coefficient (Wildman–Crippen LogP) is 4.04. The third kappa shape index (κ3) is 5.39. The van der Waals surface area contributed by atoms with Gasteiger partial charge in [-0.05, 0) is 36.4 Å². The van der Waals surface area contributed by atoms with Gasteiger partial charge in [-0.25, -0.2) is 0 Å². The molecule has 3 aromatic carbocycles. The van der Waals surface area contributed by atoms with Crippen LogP contribution in [-0.4, -0.2) is 57.2 Å². The van der Waals surface area contributed by atoms with Gasteiger partial charge in [0.25, 0.3) is 5.91 Å². The number of anilines is 1. The number of amides is 1. The Morgan fingerprint density at radius 2 is 1.50 bits per heavy atom. The third-order valence-electron chi connectivity index (χ3n) is 5.61. The van der Waals surface area contributed by atoms with Gasteiger partial charge in [-0.2, -0.15) is 0 Å². The van der Waals surface area contributed by atoms with E-state index < -0.39 is 0 Å². The molecule has 1 aliphatic rings. The maximum atomic E-state index is 12.8. The number of para-hydroxylation sites is 4. The summed E-state index contributed by atoms with van der Waals surface area (Å²) in [6.45, 7) is 5.16. The smallest absolute Gasteiger partial charge is 0.255 e. The van der Waals surface area contributed by atoms with Gasteiger partial charge in [-0.3, -0.25) is 9.69 Å². The molecule has 0 saturated carbocycles. The molecule has 1 heterocycles. The van der Waals surface area contributed by atoms with Crippen LogP contribution in [0.2, 0.25) is 0 Å². The van der Waals surface area contributed by atoms with E-state index in [-0.39, 0.29) is 5.91 Å². The van der Waals surface area contributed by atoms with E-state index in [1.165, 1.54) is 0 Å². The van der Waals surface area contributed by atoms with E-state index in [4.69, 9.17) is 9.47 Å². The fourth-order valence-corrected chi connectivity index (χ4v) is 3.88. The molecule has 32 heavy (non-hydrogen) atoms. The predicted molar refractivity (Wildman–Crippen MR) is 127 cm³/mol. The van der Waals surface area contributed by atoms with Crippen molar-refractivity contribution < 1.29 is 14.3 Å². The van der Waals surface area contributed by atoms with Crippen molar-refractivity contribution in [3.63, 3.8) is 0 Å². The van der Waals surface area contributed by atoms with Crippen LogP contribution in [-0.2, 0) is 0 Å². The van der Waals surface area contributed by atoms with E-state index in [9.17, 15) is 4.79 Å². The minimum atomic E-state index is -0.121. The first-order valence-corrected chi connectivity index (χ1v) is 10.9. The van der Waals surface area contributed by atoms with Gasteiger partial charge in [0.2, 0.25) is 0 Å². The number of nitrogens with one attached hydrogen (secondary N) is 1. The van der Waals surface area contributed by atoms with Crippen LogP contribution in [0.1, 0.15) is 10.4 Å². The number of benzene rings is 3. The first-order valence-electron chi connectivity index (χ1n) is 10.9. The van der Waals surface area contributed by atoms with Crippen molar-refractivity contribution in [3.8, 4) is 17.2 Å². The normalized spacial score (nSPS) is 14.1. The number of hydrogen-bond donors (Lipinski definition) is 1. The van der Waals surface area contributed by atoms with Gasteiger partial charge in [0.15, 0.2) is 0 Å². The second-order valence-corrected chi connectivity index (χ2v) is 7.67. The van der Waals surface area contributed by atoms with Crippen LogP contribution < -0.4 is 19.7 Å². The standard InChI is InChI=1S/C26H29N3O3/c1-31-25-14-8-6-12-23(25)29-19-17-28(18-20-29)16-15-27-26(30)22-11-5-7-13-24(22)32-21-9-3-2-4-10-21/h2-14H,15-20H2,1H3,(H,27,30). The lowest BCUT2D eigenvalue weighted by Gasteiger charge is -2.36. The van der Waals surface area contributed by atoms with Crippen molar-refractivity contribution >= 4 is 11.6 Å². The van der Waals surface area contributed by atoms with Gasteiger partial charge in [0.05, 0.1) is 18.4 Å². The van der Waals surface area contributed by atoms with Crippen LogP contribution in [0, 0.1) is 0 Å². The largest absolute Gasteiger partial charge is 0.495 e. The molecule has 0 radical (unpaired) electrons. The molecule has 6 nitrogen and oxygen atoms in total. The lowest BCUT2D eigenvalue weighted by atomic mass is 10.2. The molecular formula is C26H29N3O3. The number of hydrogen-bond acceptors (Lipinski definition) is 5. The Bertz CT molecular complexity index is 1020. The SMILES string of the molecule is COc1ccccc1N1CCN(CCNC(=O)c2ccccc2Oc2ccccc2)CC1. The van der Waals surface area contributed by atoms with Crippen LogP contribution in [0.4, 0.5) is 5.69 Å². The molecule has 1 amide bonds. The molecular weight excluding hydrogens is 402 g/mol. The van der Waals surface area contributed by atoms with Crippen LogP contribution in [0.25, 0.3) is 0 Å². The molecule has 4 rings (SSSR count). The monoisotopic (exact) mass is 431 g/mol. The van der Waals surface area contributed by atoms with Crippen LogP contribution >= 0.6 is 0 Å². The topological polar surface area (TPSA) is 54.0 Å². The van der Waals surface area contributed by atoms with Gasteiger partial charge in [-0.15, -0.1) is 0 Å². The first-order chi connectivity index (χ1) is 15.7. The number of carbonyl (C=O) groups is 1. The molecule has 1 N–H and O–H groups in total. The van der Waals surface area contributed by atoms with Crippen LogP contribution in [0.15, 0.2) is 78.9 Å². The summed E-state index contributed by atoms with van der Waals surface area (Å²) in [5, 5.41) is 3.04. The summed E-state index contributed by atoms with van der Waals surface area (Å²) in [6.07, 6.45) is 0. The maximum Gasteiger partial charge on any atom is 0.255 e. The number of piperazine rings is 1. The first kappa shape index (κ1) is 21.7. The Hall–Kier alpha value is -3.51. The zero-order valence-electron chi connectivity index (χ0n) is 18.4. The molecule has 6 heteroatoms. The average molecular weight is 432 g/mol. The van der Waals surface area contributed by atoms with Gasteiger partial charge in [-0.1, -0.05) is 42.5 Å². The molecule has 0 aromatic heterocycles. The van der Waals surface area contributed by atoms with Crippen LogP contribution in [0.3, 0.4) is 0 Å². The second-order valence-electron chi connectivity index (χ2n) is 7.67. The van der Waals surface area contributed by atoms with E-state index in [0.29, 0.717) is 23.6 Å². The summed E-state index contributed by atoms with van der Waals surface area (Å²) in [7, 11) is 1.71. The van der Waals surface area contributed by atoms with E-state index in [2.05, 4.69) is 21.2 Å². The maximum absolute atomic E-state index is 12.8. The highest BCUT2D eigenvalue weighted by Crippen LogP contribution is 2.28. The number of methoxy groups -OCH3 is 1. The summed E-state index contributed by atoms with van der Waals surface area (Å²) in [6, 6.07) is 25.0. The highest BCUT2D eigenvalue weighted by molar-refractivity contribution is 5.97. The molecule has 3 aromatic rings. The number of nitrogens with zero attached hydrogens (tertiary/aromatic N) is 2. The minimum absolute atomic E-state index is 0.121. The quantitative estimate of drug-likeness (QED) is 0.583. The zero-order valence-corrected chi connectivity index (χ0v) is 18.4. The fourth-order valence-electron chi connectivity index (χ4n) is 3.88. The van der Waals surface area contributed by atoms with E-state index in [1.54, 1.807) is 13.2 Å². The zero-order chi connectivity index (χ0) is 22.2. The van der Waals surface area contributed by atoms with Gasteiger partial charge in [0, 0.05) is 39.3 Å². The van der Waals surface area contributed by atoms with E-state index in [0.717, 1.165) is 44.2 Å². The van der Waals surface area contributed by atoms with Gasteiger partial charge in [0.1, 0.15) is 17.2 Å².